The van der Waals surface area contributed by atoms with Crippen LogP contribution < -0.4 is 5.73 Å². The second-order valence-corrected chi connectivity index (χ2v) is 10.4. The molecule has 1 unspecified atom stereocenters. The fourth-order valence-corrected chi connectivity index (χ4v) is 5.94. The molecule has 2 fully saturated rings. The van der Waals surface area contributed by atoms with Gasteiger partial charge in [-0.25, -0.2) is 8.42 Å². The second kappa shape index (κ2) is 9.41. The van der Waals surface area contributed by atoms with Gasteiger partial charge in [-0.3, -0.25) is 9.69 Å². The second-order valence-electron chi connectivity index (χ2n) is 8.48. The van der Waals surface area contributed by atoms with Gasteiger partial charge in [-0.2, -0.15) is 9.57 Å². The standard InChI is InChI=1S/C24H28N4O3S/c25-17-21(28-15-2-1-4-23(28)24(26)29)16-18-5-7-19(8-6-18)20-9-11-22(12-10-20)32(30,31)27-13-3-14-27/h5-12,21,23H,1-4,13-16H2,(H2,26,29)/t21-,23?/m0/s1. The predicted molar refractivity (Wildman–Crippen MR) is 122 cm³/mol. The van der Waals surface area contributed by atoms with E-state index in [1.165, 1.54) is 4.31 Å². The van der Waals surface area contributed by atoms with E-state index in [-0.39, 0.29) is 11.9 Å². The molecule has 32 heavy (non-hydrogen) atoms. The number of hydrogen-bond donors (Lipinski definition) is 1. The van der Waals surface area contributed by atoms with E-state index in [2.05, 4.69) is 6.07 Å². The summed E-state index contributed by atoms with van der Waals surface area (Å²) in [5.41, 5.74) is 8.47. The van der Waals surface area contributed by atoms with Crippen molar-refractivity contribution in [2.45, 2.75) is 49.1 Å². The van der Waals surface area contributed by atoms with E-state index in [9.17, 15) is 18.5 Å². The quantitative estimate of drug-likeness (QED) is 0.695. The zero-order valence-corrected chi connectivity index (χ0v) is 18.8. The molecule has 1 amide bonds. The Morgan fingerprint density at radius 2 is 1.62 bits per heavy atom. The summed E-state index contributed by atoms with van der Waals surface area (Å²) < 4.78 is 26.5. The fourth-order valence-electron chi connectivity index (χ4n) is 4.42. The maximum absolute atomic E-state index is 12.5. The van der Waals surface area contributed by atoms with Crippen molar-refractivity contribution in [3.05, 3.63) is 54.1 Å². The molecule has 2 saturated heterocycles. The first kappa shape index (κ1) is 22.5. The number of primary amides is 1. The van der Waals surface area contributed by atoms with E-state index in [1.54, 1.807) is 12.1 Å². The van der Waals surface area contributed by atoms with Gasteiger partial charge in [0.15, 0.2) is 0 Å². The lowest BCUT2D eigenvalue weighted by Crippen LogP contribution is -2.52. The maximum Gasteiger partial charge on any atom is 0.243 e. The average molecular weight is 453 g/mol. The first-order chi connectivity index (χ1) is 15.4. The van der Waals surface area contributed by atoms with Gasteiger partial charge >= 0.3 is 0 Å². The summed E-state index contributed by atoms with van der Waals surface area (Å²) in [7, 11) is -3.38. The third-order valence-electron chi connectivity index (χ3n) is 6.45. The molecule has 8 heteroatoms. The van der Waals surface area contributed by atoms with Crippen LogP contribution in [-0.4, -0.2) is 55.2 Å². The maximum atomic E-state index is 12.5. The Bertz CT molecular complexity index is 1100. The van der Waals surface area contributed by atoms with Gasteiger partial charge < -0.3 is 5.73 Å². The molecule has 168 valence electrons. The van der Waals surface area contributed by atoms with Crippen molar-refractivity contribution >= 4 is 15.9 Å². The fraction of sp³-hybridized carbons (Fsp3) is 0.417. The van der Waals surface area contributed by atoms with Crippen molar-refractivity contribution in [2.75, 3.05) is 19.6 Å². The van der Waals surface area contributed by atoms with Crippen molar-refractivity contribution in [2.24, 2.45) is 5.73 Å². The number of nitrogens with zero attached hydrogens (tertiary/aromatic N) is 3. The molecule has 0 radical (unpaired) electrons. The van der Waals surface area contributed by atoms with Gasteiger partial charge in [0.05, 0.1) is 17.0 Å². The highest BCUT2D eigenvalue weighted by Gasteiger charge is 2.32. The lowest BCUT2D eigenvalue weighted by atomic mass is 9.96. The number of benzene rings is 2. The smallest absolute Gasteiger partial charge is 0.243 e. The summed E-state index contributed by atoms with van der Waals surface area (Å²) in [6.07, 6.45) is 4.06. The van der Waals surface area contributed by atoms with Gasteiger partial charge in [0.1, 0.15) is 6.04 Å². The monoisotopic (exact) mass is 452 g/mol. The number of piperidine rings is 1. The molecule has 2 heterocycles. The summed E-state index contributed by atoms with van der Waals surface area (Å²) in [6.45, 7) is 1.89. The number of hydrogen-bond acceptors (Lipinski definition) is 5. The Kier molecular flexibility index (Phi) is 6.60. The zero-order chi connectivity index (χ0) is 22.7. The van der Waals surface area contributed by atoms with Crippen LogP contribution in [0.25, 0.3) is 11.1 Å². The minimum atomic E-state index is -3.38. The number of amides is 1. The summed E-state index contributed by atoms with van der Waals surface area (Å²) in [5.74, 6) is -0.361. The molecule has 7 nitrogen and oxygen atoms in total. The summed E-state index contributed by atoms with van der Waals surface area (Å²) >= 11 is 0. The Labute approximate surface area is 189 Å². The highest BCUT2D eigenvalue weighted by molar-refractivity contribution is 7.89. The van der Waals surface area contributed by atoms with Crippen LogP contribution in [0, 0.1) is 11.3 Å². The van der Waals surface area contributed by atoms with Crippen LogP contribution in [0.5, 0.6) is 0 Å². The number of sulfonamides is 1. The molecule has 0 saturated carbocycles. The van der Waals surface area contributed by atoms with Crippen LogP contribution in [-0.2, 0) is 21.2 Å². The first-order valence-electron chi connectivity index (χ1n) is 11.0. The summed E-state index contributed by atoms with van der Waals surface area (Å²) in [4.78, 5) is 14.1. The van der Waals surface area contributed by atoms with Crippen molar-refractivity contribution in [3.63, 3.8) is 0 Å². The molecular weight excluding hydrogens is 424 g/mol. The molecule has 2 aliphatic heterocycles. The molecule has 2 N–H and O–H groups in total. The Morgan fingerprint density at radius 1 is 1.00 bits per heavy atom. The first-order valence-corrected chi connectivity index (χ1v) is 12.5. The zero-order valence-electron chi connectivity index (χ0n) is 18.0. The van der Waals surface area contributed by atoms with Gasteiger partial charge in [0.25, 0.3) is 0 Å². The van der Waals surface area contributed by atoms with Crippen molar-refractivity contribution in [3.8, 4) is 17.2 Å². The molecule has 0 spiro atoms. The van der Waals surface area contributed by atoms with Crippen molar-refractivity contribution in [1.82, 2.24) is 9.21 Å². The van der Waals surface area contributed by atoms with E-state index >= 15 is 0 Å². The number of carbonyl (C=O) groups is 1. The normalized spacial score (nSPS) is 20.8. The van der Waals surface area contributed by atoms with Crippen LogP contribution in [0.4, 0.5) is 0 Å². The molecule has 0 bridgehead atoms. The average Bonchev–Trinajstić information content (AvgIpc) is 2.76. The van der Waals surface area contributed by atoms with Gasteiger partial charge in [-0.05, 0) is 48.1 Å². The van der Waals surface area contributed by atoms with Crippen LogP contribution >= 0.6 is 0 Å². The van der Waals surface area contributed by atoms with E-state index in [0.717, 1.165) is 36.0 Å². The number of rotatable bonds is 7. The van der Waals surface area contributed by atoms with E-state index < -0.39 is 16.1 Å². The topological polar surface area (TPSA) is 108 Å². The predicted octanol–water partition coefficient (Wildman–Crippen LogP) is 2.52. The Balaban J connectivity index is 1.46. The lowest BCUT2D eigenvalue weighted by Gasteiger charge is -2.36. The molecule has 4 rings (SSSR count). The highest BCUT2D eigenvalue weighted by Crippen LogP contribution is 2.26. The van der Waals surface area contributed by atoms with E-state index in [4.69, 9.17) is 5.73 Å². The van der Waals surface area contributed by atoms with Gasteiger partial charge in [-0.1, -0.05) is 42.8 Å². The third-order valence-corrected chi connectivity index (χ3v) is 8.36. The number of likely N-dealkylation sites (tertiary alicyclic amines) is 1. The lowest BCUT2D eigenvalue weighted by molar-refractivity contribution is -0.125. The summed E-state index contributed by atoms with van der Waals surface area (Å²) in [5, 5.41) is 9.73. The molecule has 2 aromatic rings. The van der Waals surface area contributed by atoms with Crippen molar-refractivity contribution < 1.29 is 13.2 Å². The van der Waals surface area contributed by atoms with Crippen LogP contribution in [0.15, 0.2) is 53.4 Å². The SMILES string of the molecule is N#C[C@H](Cc1ccc(-c2ccc(S(=O)(=O)N3CCC3)cc2)cc1)N1CCCCC1C(N)=O. The third kappa shape index (κ3) is 4.56. The van der Waals surface area contributed by atoms with Gasteiger partial charge in [-0.15, -0.1) is 0 Å². The molecule has 2 atom stereocenters. The molecular formula is C24H28N4O3S. The number of nitrogens with two attached hydrogens (primary N) is 1. The Morgan fingerprint density at radius 3 is 2.16 bits per heavy atom. The van der Waals surface area contributed by atoms with E-state index in [0.29, 0.717) is 37.4 Å². The Hall–Kier alpha value is -2.73. The van der Waals surface area contributed by atoms with E-state index in [1.807, 2.05) is 41.3 Å². The molecule has 2 aliphatic rings. The number of nitriles is 1. The van der Waals surface area contributed by atoms with Gasteiger partial charge in [0.2, 0.25) is 15.9 Å². The molecule has 0 aromatic heterocycles. The summed E-state index contributed by atoms with van der Waals surface area (Å²) in [6, 6.07) is 16.4. The number of carbonyl (C=O) groups excluding carboxylic acids is 1. The van der Waals surface area contributed by atoms with Crippen LogP contribution in [0.3, 0.4) is 0 Å². The largest absolute Gasteiger partial charge is 0.368 e. The molecule has 2 aromatic carbocycles. The van der Waals surface area contributed by atoms with Crippen LogP contribution in [0.2, 0.25) is 0 Å². The minimum Gasteiger partial charge on any atom is -0.368 e. The minimum absolute atomic E-state index is 0.319. The van der Waals surface area contributed by atoms with Crippen LogP contribution in [0.1, 0.15) is 31.2 Å². The molecule has 0 aliphatic carbocycles. The van der Waals surface area contributed by atoms with Gasteiger partial charge in [0, 0.05) is 26.1 Å². The van der Waals surface area contributed by atoms with Crippen molar-refractivity contribution in [1.29, 1.82) is 5.26 Å². The highest BCUT2D eigenvalue weighted by atomic mass is 32.2.